The van der Waals surface area contributed by atoms with Crippen LogP contribution in [0.25, 0.3) is 0 Å². The van der Waals surface area contributed by atoms with Gasteiger partial charge in [0.2, 0.25) is 5.91 Å². The first-order chi connectivity index (χ1) is 11.0. The van der Waals surface area contributed by atoms with Crippen molar-refractivity contribution in [1.82, 2.24) is 4.90 Å². The first-order valence-electron chi connectivity index (χ1n) is 7.16. The Hall–Kier alpha value is -1.56. The lowest BCUT2D eigenvalue weighted by Gasteiger charge is -2.17. The molecule has 1 N–H and O–H groups in total. The van der Waals surface area contributed by atoms with Crippen LogP contribution in [0.5, 0.6) is 5.75 Å². The van der Waals surface area contributed by atoms with Gasteiger partial charge in [-0.3, -0.25) is 9.69 Å². The largest absolute Gasteiger partial charge is 0.492 e. The minimum atomic E-state index is -0.108. The van der Waals surface area contributed by atoms with E-state index in [-0.39, 0.29) is 12.5 Å². The molecule has 0 spiro atoms. The number of benzene rings is 2. The standard InChI is InChI=1S/C17H18BrClN2O2/c1-21(9-10-23-14-6-4-5-13(18)11-14)12-17(22)20-16-8-3-2-7-15(16)19/h2-8,11H,9-10,12H2,1H3,(H,20,22). The fourth-order valence-electron chi connectivity index (χ4n) is 1.95. The molecule has 0 saturated carbocycles. The molecule has 1 amide bonds. The minimum Gasteiger partial charge on any atom is -0.492 e. The Bertz CT molecular complexity index is 667. The van der Waals surface area contributed by atoms with Crippen molar-refractivity contribution < 1.29 is 9.53 Å². The zero-order valence-electron chi connectivity index (χ0n) is 12.8. The van der Waals surface area contributed by atoms with Gasteiger partial charge in [-0.2, -0.15) is 0 Å². The fourth-order valence-corrected chi connectivity index (χ4v) is 2.51. The van der Waals surface area contributed by atoms with E-state index in [0.29, 0.717) is 23.9 Å². The number of hydrogen-bond donors (Lipinski definition) is 1. The zero-order chi connectivity index (χ0) is 16.7. The fraction of sp³-hybridized carbons (Fsp3) is 0.235. The van der Waals surface area contributed by atoms with E-state index >= 15 is 0 Å². The van der Waals surface area contributed by atoms with E-state index in [0.717, 1.165) is 10.2 Å². The summed E-state index contributed by atoms with van der Waals surface area (Å²) in [7, 11) is 1.87. The maximum absolute atomic E-state index is 12.0. The summed E-state index contributed by atoms with van der Waals surface area (Å²) >= 11 is 9.42. The molecule has 0 aliphatic carbocycles. The molecule has 0 radical (unpaired) electrons. The van der Waals surface area contributed by atoms with Crippen LogP contribution in [0, 0.1) is 0 Å². The van der Waals surface area contributed by atoms with Crippen LogP contribution in [0.1, 0.15) is 0 Å². The molecule has 2 rings (SSSR count). The molecule has 2 aromatic carbocycles. The molecule has 122 valence electrons. The van der Waals surface area contributed by atoms with Crippen LogP contribution in [0.4, 0.5) is 5.69 Å². The van der Waals surface area contributed by atoms with Crippen molar-refractivity contribution in [3.8, 4) is 5.75 Å². The van der Waals surface area contributed by atoms with Crippen LogP contribution >= 0.6 is 27.5 Å². The van der Waals surface area contributed by atoms with E-state index in [4.69, 9.17) is 16.3 Å². The number of carbonyl (C=O) groups excluding carboxylic acids is 1. The average molecular weight is 398 g/mol. The molecule has 0 aromatic heterocycles. The highest BCUT2D eigenvalue weighted by Crippen LogP contribution is 2.20. The number of hydrogen-bond acceptors (Lipinski definition) is 3. The van der Waals surface area contributed by atoms with Gasteiger partial charge in [-0.05, 0) is 37.4 Å². The number of halogens is 2. The van der Waals surface area contributed by atoms with E-state index in [1.807, 2.05) is 48.3 Å². The Labute approximate surface area is 149 Å². The number of anilines is 1. The summed E-state index contributed by atoms with van der Waals surface area (Å²) in [5, 5.41) is 3.33. The topological polar surface area (TPSA) is 41.6 Å². The Balaban J connectivity index is 1.73. The average Bonchev–Trinajstić information content (AvgIpc) is 2.49. The summed E-state index contributed by atoms with van der Waals surface area (Å²) in [6.07, 6.45) is 0. The van der Waals surface area contributed by atoms with Gasteiger partial charge in [0.15, 0.2) is 0 Å². The SMILES string of the molecule is CN(CCOc1cccc(Br)c1)CC(=O)Nc1ccccc1Cl. The van der Waals surface area contributed by atoms with Gasteiger partial charge >= 0.3 is 0 Å². The Morgan fingerprint density at radius 2 is 2.04 bits per heavy atom. The summed E-state index contributed by atoms with van der Waals surface area (Å²) < 4.78 is 6.63. The molecule has 6 heteroatoms. The van der Waals surface area contributed by atoms with E-state index in [9.17, 15) is 4.79 Å². The van der Waals surface area contributed by atoms with Crippen molar-refractivity contribution in [2.45, 2.75) is 0 Å². The normalized spacial score (nSPS) is 10.6. The lowest BCUT2D eigenvalue weighted by atomic mass is 10.3. The van der Waals surface area contributed by atoms with Gasteiger partial charge in [0.25, 0.3) is 0 Å². The monoisotopic (exact) mass is 396 g/mol. The second kappa shape index (κ2) is 8.91. The number of ether oxygens (including phenoxy) is 1. The number of rotatable bonds is 7. The molecular weight excluding hydrogens is 380 g/mol. The maximum atomic E-state index is 12.0. The second-order valence-electron chi connectivity index (χ2n) is 5.07. The smallest absolute Gasteiger partial charge is 0.238 e. The van der Waals surface area contributed by atoms with Gasteiger partial charge in [-0.1, -0.05) is 45.7 Å². The number of nitrogens with one attached hydrogen (secondary N) is 1. The highest BCUT2D eigenvalue weighted by Gasteiger charge is 2.08. The molecule has 0 saturated heterocycles. The Kier molecular flexibility index (Phi) is 6.89. The summed E-state index contributed by atoms with van der Waals surface area (Å²) in [6, 6.07) is 14.8. The van der Waals surface area contributed by atoms with Crippen molar-refractivity contribution >= 4 is 39.1 Å². The van der Waals surface area contributed by atoms with Crippen molar-refractivity contribution in [3.63, 3.8) is 0 Å². The second-order valence-corrected chi connectivity index (χ2v) is 6.39. The molecule has 2 aromatic rings. The van der Waals surface area contributed by atoms with Crippen molar-refractivity contribution in [2.24, 2.45) is 0 Å². The molecule has 0 fully saturated rings. The summed E-state index contributed by atoms with van der Waals surface area (Å²) in [5.74, 6) is 0.691. The highest BCUT2D eigenvalue weighted by atomic mass is 79.9. The lowest BCUT2D eigenvalue weighted by Crippen LogP contribution is -2.33. The molecule has 0 aliphatic heterocycles. The van der Waals surface area contributed by atoms with E-state index in [1.54, 1.807) is 12.1 Å². The zero-order valence-corrected chi connectivity index (χ0v) is 15.1. The Morgan fingerprint density at radius 3 is 2.78 bits per heavy atom. The Morgan fingerprint density at radius 1 is 1.26 bits per heavy atom. The quantitative estimate of drug-likeness (QED) is 0.766. The molecular formula is C17H18BrClN2O2. The predicted molar refractivity (Wildman–Crippen MR) is 97.2 cm³/mol. The summed E-state index contributed by atoms with van der Waals surface area (Å²) in [6.45, 7) is 1.42. The van der Waals surface area contributed by atoms with Crippen molar-refractivity contribution in [1.29, 1.82) is 0 Å². The molecule has 23 heavy (non-hydrogen) atoms. The number of amides is 1. The molecule has 0 atom stereocenters. The van der Waals surface area contributed by atoms with Crippen LogP contribution in [0.15, 0.2) is 53.0 Å². The summed E-state index contributed by atoms with van der Waals surface area (Å²) in [4.78, 5) is 13.9. The number of para-hydroxylation sites is 1. The van der Waals surface area contributed by atoms with E-state index in [2.05, 4.69) is 21.2 Å². The third kappa shape index (κ3) is 6.22. The first-order valence-corrected chi connectivity index (χ1v) is 8.33. The van der Waals surface area contributed by atoms with Crippen LogP contribution in [-0.2, 0) is 4.79 Å². The molecule has 0 bridgehead atoms. The number of likely N-dealkylation sites (N-methyl/N-ethyl adjacent to an activating group) is 1. The first kappa shape index (κ1) is 17.8. The minimum absolute atomic E-state index is 0.108. The third-order valence-electron chi connectivity index (χ3n) is 3.10. The number of carbonyl (C=O) groups is 1. The number of nitrogens with zero attached hydrogens (tertiary/aromatic N) is 1. The van der Waals surface area contributed by atoms with Gasteiger partial charge < -0.3 is 10.1 Å². The van der Waals surface area contributed by atoms with Gasteiger partial charge in [0, 0.05) is 11.0 Å². The van der Waals surface area contributed by atoms with Crippen LogP contribution < -0.4 is 10.1 Å². The highest BCUT2D eigenvalue weighted by molar-refractivity contribution is 9.10. The van der Waals surface area contributed by atoms with Crippen LogP contribution in [-0.4, -0.2) is 37.6 Å². The van der Waals surface area contributed by atoms with E-state index in [1.165, 1.54) is 0 Å². The van der Waals surface area contributed by atoms with Crippen molar-refractivity contribution in [2.75, 3.05) is 32.1 Å². The van der Waals surface area contributed by atoms with Gasteiger partial charge in [0.05, 0.1) is 17.3 Å². The van der Waals surface area contributed by atoms with E-state index < -0.39 is 0 Å². The summed E-state index contributed by atoms with van der Waals surface area (Å²) in [5.41, 5.74) is 0.623. The molecule has 4 nitrogen and oxygen atoms in total. The van der Waals surface area contributed by atoms with Crippen LogP contribution in [0.3, 0.4) is 0 Å². The van der Waals surface area contributed by atoms with Gasteiger partial charge in [0.1, 0.15) is 12.4 Å². The molecule has 0 aliphatic rings. The third-order valence-corrected chi connectivity index (χ3v) is 3.92. The van der Waals surface area contributed by atoms with Crippen LogP contribution in [0.2, 0.25) is 5.02 Å². The van der Waals surface area contributed by atoms with Gasteiger partial charge in [-0.25, -0.2) is 0 Å². The molecule has 0 unspecified atom stereocenters. The van der Waals surface area contributed by atoms with Gasteiger partial charge in [-0.15, -0.1) is 0 Å². The lowest BCUT2D eigenvalue weighted by molar-refractivity contribution is -0.117. The maximum Gasteiger partial charge on any atom is 0.238 e. The van der Waals surface area contributed by atoms with Crippen molar-refractivity contribution in [3.05, 3.63) is 58.0 Å². The predicted octanol–water partition coefficient (Wildman–Crippen LogP) is 4.05. The molecule has 0 heterocycles.